The fourth-order valence-electron chi connectivity index (χ4n) is 3.02. The molecular weight excluding hydrogens is 332 g/mol. The van der Waals surface area contributed by atoms with Crippen LogP contribution in [0.3, 0.4) is 0 Å². The molecule has 1 atom stereocenters. The van der Waals surface area contributed by atoms with E-state index in [9.17, 15) is 9.59 Å². The molecule has 0 aliphatic heterocycles. The highest BCUT2D eigenvalue weighted by atomic mass is 16.5. The Balaban J connectivity index is 1.83. The maximum absolute atomic E-state index is 12.8. The van der Waals surface area contributed by atoms with Crippen molar-refractivity contribution >= 4 is 18.1 Å². The largest absolute Gasteiger partial charge is 0.496 e. The van der Waals surface area contributed by atoms with Crippen LogP contribution in [-0.2, 0) is 16.0 Å². The quantitative estimate of drug-likeness (QED) is 0.434. The van der Waals surface area contributed by atoms with Gasteiger partial charge in [0.2, 0.25) is 11.9 Å². The molecule has 1 unspecified atom stereocenters. The Kier molecular flexibility index (Phi) is 5.07. The third-order valence-electron chi connectivity index (χ3n) is 4.43. The summed E-state index contributed by atoms with van der Waals surface area (Å²) in [4.78, 5) is 24.3. The van der Waals surface area contributed by atoms with E-state index in [1.807, 2.05) is 37.3 Å². The van der Waals surface area contributed by atoms with Gasteiger partial charge < -0.3 is 14.2 Å². The van der Waals surface area contributed by atoms with Gasteiger partial charge in [0.1, 0.15) is 17.3 Å². The van der Waals surface area contributed by atoms with Gasteiger partial charge in [0.05, 0.1) is 14.2 Å². The number of hydrogen-bond donors (Lipinski definition) is 0. The number of fused-ring (bicyclic) bond motifs is 1. The molecule has 0 saturated carbocycles. The lowest BCUT2D eigenvalue weighted by Gasteiger charge is -2.16. The Morgan fingerprint density at radius 2 is 1.77 bits per heavy atom. The van der Waals surface area contributed by atoms with E-state index in [0.29, 0.717) is 35.5 Å². The highest BCUT2D eigenvalue weighted by Gasteiger charge is 2.26. The SMILES string of the molecule is COc1cc(C(=O)C(C=O)OC2=Cc3ccccc3C2)cc(OC)c1C. The minimum absolute atomic E-state index is 0.303. The van der Waals surface area contributed by atoms with E-state index in [0.717, 1.165) is 16.7 Å². The number of methoxy groups -OCH3 is 2. The zero-order chi connectivity index (χ0) is 18.7. The first-order chi connectivity index (χ1) is 12.6. The Morgan fingerprint density at radius 3 is 2.35 bits per heavy atom. The third kappa shape index (κ3) is 3.33. The first kappa shape index (κ1) is 17.7. The molecular formula is C21H20O5. The van der Waals surface area contributed by atoms with Gasteiger partial charge in [-0.3, -0.25) is 9.59 Å². The van der Waals surface area contributed by atoms with E-state index in [-0.39, 0.29) is 0 Å². The number of aldehydes is 1. The van der Waals surface area contributed by atoms with E-state index in [1.165, 1.54) is 14.2 Å². The molecule has 1 aliphatic carbocycles. The van der Waals surface area contributed by atoms with E-state index in [4.69, 9.17) is 14.2 Å². The molecule has 3 rings (SSSR count). The minimum atomic E-state index is -1.22. The van der Waals surface area contributed by atoms with Crippen molar-refractivity contribution in [3.8, 4) is 11.5 Å². The van der Waals surface area contributed by atoms with Crippen LogP contribution >= 0.6 is 0 Å². The van der Waals surface area contributed by atoms with Crippen molar-refractivity contribution in [1.29, 1.82) is 0 Å². The lowest BCUT2D eigenvalue weighted by atomic mass is 10.0. The molecule has 0 N–H and O–H groups in total. The smallest absolute Gasteiger partial charge is 0.215 e. The van der Waals surface area contributed by atoms with E-state index < -0.39 is 11.9 Å². The summed E-state index contributed by atoms with van der Waals surface area (Å²) in [5, 5.41) is 0. The number of carbonyl (C=O) groups is 2. The van der Waals surface area contributed by atoms with Gasteiger partial charge in [-0.25, -0.2) is 0 Å². The van der Waals surface area contributed by atoms with Gasteiger partial charge >= 0.3 is 0 Å². The molecule has 0 heterocycles. The molecule has 26 heavy (non-hydrogen) atoms. The van der Waals surface area contributed by atoms with E-state index in [2.05, 4.69) is 0 Å². The van der Waals surface area contributed by atoms with Crippen LogP contribution in [0.4, 0.5) is 0 Å². The number of ketones is 1. The van der Waals surface area contributed by atoms with E-state index in [1.54, 1.807) is 12.1 Å². The summed E-state index contributed by atoms with van der Waals surface area (Å²) in [7, 11) is 3.04. The van der Waals surface area contributed by atoms with Gasteiger partial charge in [0, 0.05) is 17.5 Å². The number of carbonyl (C=O) groups excluding carboxylic acids is 2. The molecule has 2 aromatic carbocycles. The fourth-order valence-corrected chi connectivity index (χ4v) is 3.02. The van der Waals surface area contributed by atoms with Crippen molar-refractivity contribution in [3.63, 3.8) is 0 Å². The maximum atomic E-state index is 12.8. The first-order valence-corrected chi connectivity index (χ1v) is 8.24. The number of benzene rings is 2. The molecule has 0 saturated heterocycles. The standard InChI is InChI=1S/C21H20O5/c1-13-18(24-2)10-16(11-19(13)25-3)21(23)20(12-22)26-17-8-14-6-4-5-7-15(14)9-17/h4-8,10-12,20H,9H2,1-3H3. The van der Waals surface area contributed by atoms with Crippen LogP contribution in [0.5, 0.6) is 11.5 Å². The second-order valence-electron chi connectivity index (χ2n) is 6.03. The van der Waals surface area contributed by atoms with Gasteiger partial charge in [-0.05, 0) is 36.3 Å². The van der Waals surface area contributed by atoms with Gasteiger partial charge in [0.15, 0.2) is 6.29 Å². The number of rotatable bonds is 7. The summed E-state index contributed by atoms with van der Waals surface area (Å²) >= 11 is 0. The van der Waals surface area contributed by atoms with Crippen LogP contribution in [0.15, 0.2) is 42.2 Å². The van der Waals surface area contributed by atoms with Crippen LogP contribution in [0, 0.1) is 6.92 Å². The summed E-state index contributed by atoms with van der Waals surface area (Å²) in [5.41, 5.74) is 3.23. The van der Waals surface area contributed by atoms with Crippen LogP contribution in [-0.4, -0.2) is 32.4 Å². The van der Waals surface area contributed by atoms with Crippen molar-refractivity contribution in [2.24, 2.45) is 0 Å². The van der Waals surface area contributed by atoms with E-state index >= 15 is 0 Å². The highest BCUT2D eigenvalue weighted by Crippen LogP contribution is 2.31. The third-order valence-corrected chi connectivity index (χ3v) is 4.43. The van der Waals surface area contributed by atoms with Crippen LogP contribution in [0.2, 0.25) is 0 Å². The Morgan fingerprint density at radius 1 is 1.12 bits per heavy atom. The topological polar surface area (TPSA) is 61.8 Å². The predicted molar refractivity (Wildman–Crippen MR) is 97.7 cm³/mol. The molecule has 134 valence electrons. The Bertz CT molecular complexity index is 857. The number of allylic oxidation sites excluding steroid dienone is 1. The second kappa shape index (κ2) is 7.44. The van der Waals surface area contributed by atoms with Crippen LogP contribution in [0.25, 0.3) is 6.08 Å². The average Bonchev–Trinajstić information content (AvgIpc) is 3.08. The fraction of sp³-hybridized carbons (Fsp3) is 0.238. The molecule has 0 fully saturated rings. The molecule has 0 radical (unpaired) electrons. The summed E-state index contributed by atoms with van der Waals surface area (Å²) in [6.07, 6.45) is 1.72. The summed E-state index contributed by atoms with van der Waals surface area (Å²) in [5.74, 6) is 1.20. The van der Waals surface area contributed by atoms with Gasteiger partial charge in [-0.15, -0.1) is 0 Å². The molecule has 1 aliphatic rings. The van der Waals surface area contributed by atoms with Gasteiger partial charge in [-0.1, -0.05) is 24.3 Å². The first-order valence-electron chi connectivity index (χ1n) is 8.24. The van der Waals surface area contributed by atoms with Gasteiger partial charge in [-0.2, -0.15) is 0 Å². The lowest BCUT2D eigenvalue weighted by molar-refractivity contribution is -0.113. The van der Waals surface area contributed by atoms with Gasteiger partial charge in [0.25, 0.3) is 0 Å². The normalized spacial score (nSPS) is 13.4. The monoisotopic (exact) mass is 352 g/mol. The minimum Gasteiger partial charge on any atom is -0.496 e. The van der Waals surface area contributed by atoms with Crippen molar-refractivity contribution < 1.29 is 23.8 Å². The predicted octanol–water partition coefficient (Wildman–Crippen LogP) is 3.38. The number of hydrogen-bond acceptors (Lipinski definition) is 5. The zero-order valence-corrected chi connectivity index (χ0v) is 14.9. The molecule has 5 heteroatoms. The summed E-state index contributed by atoms with van der Waals surface area (Å²) in [6.45, 7) is 1.83. The van der Waals surface area contributed by atoms with Crippen molar-refractivity contribution in [2.75, 3.05) is 14.2 Å². The van der Waals surface area contributed by atoms with Crippen molar-refractivity contribution in [1.82, 2.24) is 0 Å². The van der Waals surface area contributed by atoms with Crippen molar-refractivity contribution in [2.45, 2.75) is 19.4 Å². The molecule has 0 spiro atoms. The van der Waals surface area contributed by atoms with Crippen molar-refractivity contribution in [3.05, 3.63) is 64.4 Å². The summed E-state index contributed by atoms with van der Waals surface area (Å²) < 4.78 is 16.3. The Hall–Kier alpha value is -3.08. The molecule has 0 aromatic heterocycles. The molecule has 0 bridgehead atoms. The second-order valence-corrected chi connectivity index (χ2v) is 6.03. The molecule has 0 amide bonds. The maximum Gasteiger partial charge on any atom is 0.215 e. The summed E-state index contributed by atoms with van der Waals surface area (Å²) in [6, 6.07) is 11.0. The average molecular weight is 352 g/mol. The highest BCUT2D eigenvalue weighted by molar-refractivity contribution is 6.08. The lowest BCUT2D eigenvalue weighted by Crippen LogP contribution is -2.26. The zero-order valence-electron chi connectivity index (χ0n) is 14.9. The number of ether oxygens (including phenoxy) is 3. The molecule has 5 nitrogen and oxygen atoms in total. The van der Waals surface area contributed by atoms with Crippen LogP contribution < -0.4 is 9.47 Å². The van der Waals surface area contributed by atoms with Crippen LogP contribution in [0.1, 0.15) is 27.0 Å². The molecule has 2 aromatic rings. The Labute approximate surface area is 152 Å². The number of Topliss-reactive ketones (excluding diaryl/α,β-unsaturated/α-hetero) is 1.